The molecule has 0 spiro atoms. The quantitative estimate of drug-likeness (QED) is 0.593. The zero-order valence-electron chi connectivity index (χ0n) is 19.1. The average molecular weight is 444 g/mol. The number of hydrogen-bond donors (Lipinski definition) is 0. The summed E-state index contributed by atoms with van der Waals surface area (Å²) >= 11 is 0. The molecule has 1 aromatic carbocycles. The van der Waals surface area contributed by atoms with E-state index in [4.69, 9.17) is 0 Å². The maximum absolute atomic E-state index is 13.6. The van der Waals surface area contributed by atoms with Crippen molar-refractivity contribution in [2.45, 2.75) is 83.3 Å². The molecule has 1 saturated heterocycles. The van der Waals surface area contributed by atoms with Crippen molar-refractivity contribution >= 4 is 19.9 Å². The fourth-order valence-corrected chi connectivity index (χ4v) is 8.14. The van der Waals surface area contributed by atoms with Crippen molar-refractivity contribution in [1.29, 1.82) is 0 Å². The molecule has 1 aliphatic heterocycles. The van der Waals surface area contributed by atoms with Gasteiger partial charge in [0.25, 0.3) is 0 Å². The standard InChI is InChI=1S/C22H37NO4S2/c1-14(2)13-28(24,25)19-11-23(12-19)29(26,27)22-20(16(5)6)9-18(15(3)4)10-21(22)17(7)8/h9-10,14-17,19H,11-13H2,1-8H3. The maximum atomic E-state index is 13.6. The summed E-state index contributed by atoms with van der Waals surface area (Å²) < 4.78 is 53.5. The fourth-order valence-electron chi connectivity index (χ4n) is 3.74. The van der Waals surface area contributed by atoms with Crippen LogP contribution in [-0.4, -0.2) is 45.2 Å². The summed E-state index contributed by atoms with van der Waals surface area (Å²) in [5, 5.41) is -0.598. The van der Waals surface area contributed by atoms with Crippen LogP contribution in [0.4, 0.5) is 0 Å². The minimum atomic E-state index is -3.75. The van der Waals surface area contributed by atoms with Crippen LogP contribution in [0.2, 0.25) is 0 Å². The molecule has 1 heterocycles. The lowest BCUT2D eigenvalue weighted by molar-refractivity contribution is 0.308. The van der Waals surface area contributed by atoms with Crippen molar-refractivity contribution in [2.24, 2.45) is 5.92 Å². The largest absolute Gasteiger partial charge is 0.243 e. The van der Waals surface area contributed by atoms with E-state index in [1.165, 1.54) is 4.31 Å². The predicted octanol–water partition coefficient (Wildman–Crippen LogP) is 4.50. The van der Waals surface area contributed by atoms with E-state index >= 15 is 0 Å². The molecular weight excluding hydrogens is 406 g/mol. The van der Waals surface area contributed by atoms with E-state index in [-0.39, 0.29) is 36.6 Å². The van der Waals surface area contributed by atoms with E-state index in [0.29, 0.717) is 10.8 Å². The van der Waals surface area contributed by atoms with E-state index in [0.717, 1.165) is 16.7 Å². The van der Waals surface area contributed by atoms with E-state index < -0.39 is 25.1 Å². The molecular formula is C22H37NO4S2. The Hall–Kier alpha value is -0.920. The van der Waals surface area contributed by atoms with Crippen LogP contribution in [0.1, 0.15) is 89.8 Å². The Balaban J connectivity index is 2.48. The highest BCUT2D eigenvalue weighted by molar-refractivity contribution is 7.92. The lowest BCUT2D eigenvalue weighted by Gasteiger charge is -2.39. The molecule has 166 valence electrons. The molecule has 0 unspecified atom stereocenters. The number of rotatable bonds is 8. The SMILES string of the molecule is CC(C)CS(=O)(=O)C1CN(S(=O)(=O)c2c(C(C)C)cc(C(C)C)cc2C(C)C)C1. The van der Waals surface area contributed by atoms with Gasteiger partial charge in [0.2, 0.25) is 10.0 Å². The number of nitrogens with zero attached hydrogens (tertiary/aromatic N) is 1. The van der Waals surface area contributed by atoms with Crippen LogP contribution in [0.5, 0.6) is 0 Å². The first-order chi connectivity index (χ1) is 13.2. The third kappa shape index (κ3) is 5.05. The Labute approximate surface area is 177 Å². The topological polar surface area (TPSA) is 71.5 Å². The molecule has 1 aliphatic rings. The van der Waals surface area contributed by atoms with Gasteiger partial charge in [-0.2, -0.15) is 4.31 Å². The molecule has 2 rings (SSSR count). The molecule has 0 aliphatic carbocycles. The first kappa shape index (κ1) is 24.4. The van der Waals surface area contributed by atoms with Gasteiger partial charge in [0, 0.05) is 13.1 Å². The van der Waals surface area contributed by atoms with E-state index in [1.54, 1.807) is 0 Å². The molecule has 29 heavy (non-hydrogen) atoms. The van der Waals surface area contributed by atoms with Gasteiger partial charge in [0.15, 0.2) is 9.84 Å². The molecule has 5 nitrogen and oxygen atoms in total. The van der Waals surface area contributed by atoms with Crippen molar-refractivity contribution in [1.82, 2.24) is 4.31 Å². The Morgan fingerprint density at radius 1 is 0.828 bits per heavy atom. The first-order valence-electron chi connectivity index (χ1n) is 10.6. The molecule has 7 heteroatoms. The Morgan fingerprint density at radius 3 is 1.62 bits per heavy atom. The molecule has 1 fully saturated rings. The van der Waals surface area contributed by atoms with Crippen molar-refractivity contribution in [2.75, 3.05) is 18.8 Å². The Bertz CT molecular complexity index is 910. The second kappa shape index (κ2) is 8.67. The Morgan fingerprint density at radius 2 is 1.28 bits per heavy atom. The second-order valence-electron chi connectivity index (χ2n) is 9.66. The third-order valence-electron chi connectivity index (χ3n) is 5.57. The number of sulfonamides is 1. The van der Waals surface area contributed by atoms with Crippen LogP contribution in [0.3, 0.4) is 0 Å². The molecule has 0 saturated carbocycles. The van der Waals surface area contributed by atoms with Gasteiger partial charge in [-0.3, -0.25) is 0 Å². The molecule has 0 radical (unpaired) electrons. The summed E-state index contributed by atoms with van der Waals surface area (Å²) in [4.78, 5) is 0.381. The van der Waals surface area contributed by atoms with Crippen LogP contribution in [-0.2, 0) is 19.9 Å². The molecule has 0 bridgehead atoms. The second-order valence-corrected chi connectivity index (χ2v) is 13.9. The summed E-state index contributed by atoms with van der Waals surface area (Å²) in [5.74, 6) is 0.546. The van der Waals surface area contributed by atoms with Crippen LogP contribution >= 0.6 is 0 Å². The normalized spacial score (nSPS) is 17.0. The summed E-state index contributed by atoms with van der Waals surface area (Å²) in [6, 6.07) is 4.03. The van der Waals surface area contributed by atoms with Crippen LogP contribution in [0.15, 0.2) is 17.0 Å². The van der Waals surface area contributed by atoms with Gasteiger partial charge >= 0.3 is 0 Å². The molecule has 0 atom stereocenters. The lowest BCUT2D eigenvalue weighted by atomic mass is 9.89. The molecule has 0 amide bonds. The van der Waals surface area contributed by atoms with Crippen molar-refractivity contribution in [3.8, 4) is 0 Å². The van der Waals surface area contributed by atoms with Crippen molar-refractivity contribution < 1.29 is 16.8 Å². The number of hydrogen-bond acceptors (Lipinski definition) is 4. The molecule has 1 aromatic rings. The van der Waals surface area contributed by atoms with Gasteiger partial charge in [0.1, 0.15) is 0 Å². The zero-order chi connectivity index (χ0) is 22.3. The highest BCUT2D eigenvalue weighted by Crippen LogP contribution is 2.38. The molecule has 0 N–H and O–H groups in total. The van der Waals surface area contributed by atoms with Crippen molar-refractivity contribution in [3.63, 3.8) is 0 Å². The number of sulfone groups is 1. The molecule has 0 aromatic heterocycles. The minimum absolute atomic E-state index is 0.0364. The Kier molecular flexibility index (Phi) is 7.28. The van der Waals surface area contributed by atoms with Gasteiger partial charge in [0.05, 0.1) is 15.9 Å². The van der Waals surface area contributed by atoms with Gasteiger partial charge in [-0.15, -0.1) is 0 Å². The summed E-state index contributed by atoms with van der Waals surface area (Å²) in [7, 11) is -7.02. The average Bonchev–Trinajstić information content (AvgIpc) is 2.49. The monoisotopic (exact) mass is 443 g/mol. The maximum Gasteiger partial charge on any atom is 0.243 e. The smallest absolute Gasteiger partial charge is 0.228 e. The lowest BCUT2D eigenvalue weighted by Crippen LogP contribution is -2.57. The summed E-state index contributed by atoms with van der Waals surface area (Å²) in [6.07, 6.45) is 0. The van der Waals surface area contributed by atoms with E-state index in [9.17, 15) is 16.8 Å². The van der Waals surface area contributed by atoms with E-state index in [2.05, 4.69) is 13.8 Å². The van der Waals surface area contributed by atoms with Crippen molar-refractivity contribution in [3.05, 3.63) is 28.8 Å². The van der Waals surface area contributed by atoms with Gasteiger partial charge in [-0.05, 0) is 40.4 Å². The van der Waals surface area contributed by atoms with Gasteiger partial charge < -0.3 is 0 Å². The summed E-state index contributed by atoms with van der Waals surface area (Å²) in [6.45, 7) is 16.1. The predicted molar refractivity (Wildman–Crippen MR) is 120 cm³/mol. The highest BCUT2D eigenvalue weighted by Gasteiger charge is 2.45. The first-order valence-corrected chi connectivity index (χ1v) is 13.7. The van der Waals surface area contributed by atoms with Gasteiger partial charge in [-0.25, -0.2) is 16.8 Å². The number of benzene rings is 1. The minimum Gasteiger partial charge on any atom is -0.228 e. The van der Waals surface area contributed by atoms with Crippen LogP contribution in [0, 0.1) is 5.92 Å². The highest BCUT2D eigenvalue weighted by atomic mass is 32.2. The van der Waals surface area contributed by atoms with Gasteiger partial charge in [-0.1, -0.05) is 67.5 Å². The zero-order valence-corrected chi connectivity index (χ0v) is 20.7. The van der Waals surface area contributed by atoms with Crippen LogP contribution in [0.25, 0.3) is 0 Å². The fraction of sp³-hybridized carbons (Fsp3) is 0.727. The third-order valence-corrected chi connectivity index (χ3v) is 9.98. The van der Waals surface area contributed by atoms with E-state index in [1.807, 2.05) is 53.7 Å². The van der Waals surface area contributed by atoms with Crippen LogP contribution < -0.4 is 0 Å². The summed E-state index contributed by atoms with van der Waals surface area (Å²) in [5.41, 5.74) is 2.79.